The number of carboxylic acid groups (broad SMARTS) is 1. The van der Waals surface area contributed by atoms with E-state index in [0.29, 0.717) is 11.4 Å². The first-order chi connectivity index (χ1) is 14.1. The normalized spacial score (nSPS) is 11.9. The van der Waals surface area contributed by atoms with E-state index < -0.39 is 29.8 Å². The molecule has 2 rings (SSSR count). The molecule has 0 fully saturated rings. The number of hydrogen-bond donors (Lipinski definition) is 2. The van der Waals surface area contributed by atoms with Gasteiger partial charge in [0.1, 0.15) is 18.2 Å². The Bertz CT molecular complexity index is 875. The molecule has 0 spiro atoms. The van der Waals surface area contributed by atoms with Crippen molar-refractivity contribution in [2.24, 2.45) is 0 Å². The maximum atomic E-state index is 12.6. The number of carbonyl (C=O) groups excluding carboxylic acids is 2. The summed E-state index contributed by atoms with van der Waals surface area (Å²) in [6.45, 7) is 6.66. The highest BCUT2D eigenvalue weighted by Crippen LogP contribution is 2.22. The number of nitrogens with zero attached hydrogens (tertiary/aromatic N) is 1. The number of nitrogens with one attached hydrogen (secondary N) is 1. The van der Waals surface area contributed by atoms with Crippen LogP contribution in [-0.2, 0) is 20.9 Å². The fourth-order valence-corrected chi connectivity index (χ4v) is 2.51. The smallest absolute Gasteiger partial charge is 0.415 e. The Morgan fingerprint density at radius 3 is 2.17 bits per heavy atom. The van der Waals surface area contributed by atoms with Gasteiger partial charge in [0.05, 0.1) is 0 Å². The number of carbonyl (C=O) groups is 3. The monoisotopic (exact) mass is 414 g/mol. The van der Waals surface area contributed by atoms with Crippen molar-refractivity contribution in [1.82, 2.24) is 0 Å². The molecule has 0 saturated carbocycles. The molecule has 1 atom stereocenters. The van der Waals surface area contributed by atoms with Crippen LogP contribution in [-0.4, -0.2) is 34.9 Å². The first kappa shape index (κ1) is 22.7. The summed E-state index contributed by atoms with van der Waals surface area (Å²) in [6, 6.07) is 14.1. The van der Waals surface area contributed by atoms with Crippen molar-refractivity contribution >= 4 is 29.5 Å². The quantitative estimate of drug-likeness (QED) is 0.713. The summed E-state index contributed by atoms with van der Waals surface area (Å²) in [5.74, 6) is -1.18. The summed E-state index contributed by atoms with van der Waals surface area (Å²) < 4.78 is 10.5. The van der Waals surface area contributed by atoms with Gasteiger partial charge in [-0.05, 0) is 57.5 Å². The molecule has 2 amide bonds. The van der Waals surface area contributed by atoms with E-state index in [1.165, 1.54) is 19.1 Å². The molecule has 8 heteroatoms. The number of aliphatic carboxylic acids is 1. The van der Waals surface area contributed by atoms with Crippen molar-refractivity contribution in [3.8, 4) is 0 Å². The average molecular weight is 414 g/mol. The van der Waals surface area contributed by atoms with Crippen LogP contribution in [0.4, 0.5) is 21.0 Å². The summed E-state index contributed by atoms with van der Waals surface area (Å²) >= 11 is 0. The van der Waals surface area contributed by atoms with E-state index in [1.807, 2.05) is 18.2 Å². The van der Waals surface area contributed by atoms with E-state index in [9.17, 15) is 19.5 Å². The van der Waals surface area contributed by atoms with Gasteiger partial charge in [-0.1, -0.05) is 30.3 Å². The zero-order valence-corrected chi connectivity index (χ0v) is 17.4. The summed E-state index contributed by atoms with van der Waals surface area (Å²) in [6.07, 6.45) is -1.41. The number of anilines is 2. The van der Waals surface area contributed by atoms with Gasteiger partial charge in [-0.25, -0.2) is 14.4 Å². The fourth-order valence-electron chi connectivity index (χ4n) is 2.51. The molecule has 30 heavy (non-hydrogen) atoms. The van der Waals surface area contributed by atoms with E-state index in [4.69, 9.17) is 9.47 Å². The van der Waals surface area contributed by atoms with Crippen LogP contribution >= 0.6 is 0 Å². The molecule has 0 bridgehead atoms. The van der Waals surface area contributed by atoms with E-state index in [0.717, 1.165) is 10.5 Å². The fraction of sp³-hybridized carbons (Fsp3) is 0.318. The maximum Gasteiger partial charge on any atom is 0.415 e. The lowest BCUT2D eigenvalue weighted by atomic mass is 10.2. The Morgan fingerprint density at radius 1 is 1.03 bits per heavy atom. The Hall–Kier alpha value is -3.55. The second-order valence-corrected chi connectivity index (χ2v) is 7.60. The molecule has 0 heterocycles. The zero-order valence-electron chi connectivity index (χ0n) is 17.4. The third-order valence-corrected chi connectivity index (χ3v) is 3.94. The van der Waals surface area contributed by atoms with Crippen LogP contribution < -0.4 is 10.2 Å². The Labute approximate surface area is 175 Å². The SMILES string of the molecule is C[C@@H](C(=O)O)N(C(=O)OCc1ccccc1)c1ccc(NC(=O)OC(C)(C)C)cc1. The Kier molecular flexibility index (Phi) is 7.41. The Balaban J connectivity index is 2.13. The summed E-state index contributed by atoms with van der Waals surface area (Å²) in [4.78, 5) is 37.1. The topological polar surface area (TPSA) is 105 Å². The molecule has 0 unspecified atom stereocenters. The van der Waals surface area contributed by atoms with Crippen LogP contribution in [0.25, 0.3) is 0 Å². The number of ether oxygens (including phenoxy) is 2. The van der Waals surface area contributed by atoms with Gasteiger partial charge in [0.15, 0.2) is 0 Å². The van der Waals surface area contributed by atoms with E-state index in [1.54, 1.807) is 45.0 Å². The predicted octanol–water partition coefficient (Wildman–Crippen LogP) is 4.65. The zero-order chi connectivity index (χ0) is 22.3. The van der Waals surface area contributed by atoms with E-state index in [2.05, 4.69) is 5.32 Å². The molecule has 0 aliphatic rings. The van der Waals surface area contributed by atoms with Crippen molar-refractivity contribution in [2.75, 3.05) is 10.2 Å². The van der Waals surface area contributed by atoms with Crippen molar-refractivity contribution in [3.63, 3.8) is 0 Å². The van der Waals surface area contributed by atoms with Gasteiger partial charge >= 0.3 is 18.2 Å². The highest BCUT2D eigenvalue weighted by molar-refractivity contribution is 5.95. The lowest BCUT2D eigenvalue weighted by Gasteiger charge is -2.26. The van der Waals surface area contributed by atoms with Crippen molar-refractivity contribution in [2.45, 2.75) is 45.9 Å². The number of rotatable bonds is 6. The second kappa shape index (κ2) is 9.78. The number of hydrogen-bond acceptors (Lipinski definition) is 5. The first-order valence-corrected chi connectivity index (χ1v) is 9.39. The Morgan fingerprint density at radius 2 is 1.63 bits per heavy atom. The van der Waals surface area contributed by atoms with Crippen molar-refractivity contribution in [3.05, 3.63) is 60.2 Å². The predicted molar refractivity (Wildman–Crippen MR) is 113 cm³/mol. The van der Waals surface area contributed by atoms with Gasteiger partial charge < -0.3 is 14.6 Å². The third-order valence-electron chi connectivity index (χ3n) is 3.94. The molecule has 2 aromatic rings. The lowest BCUT2D eigenvalue weighted by Crippen LogP contribution is -2.43. The maximum absolute atomic E-state index is 12.6. The molecule has 2 aromatic carbocycles. The number of amides is 2. The minimum Gasteiger partial charge on any atom is -0.480 e. The molecule has 0 aliphatic heterocycles. The summed E-state index contributed by atoms with van der Waals surface area (Å²) in [5.41, 5.74) is 0.900. The van der Waals surface area contributed by atoms with Crippen LogP contribution in [0.1, 0.15) is 33.3 Å². The minimum absolute atomic E-state index is 0.0147. The van der Waals surface area contributed by atoms with Gasteiger partial charge in [0, 0.05) is 11.4 Å². The van der Waals surface area contributed by atoms with Gasteiger partial charge in [-0.2, -0.15) is 0 Å². The molecule has 0 radical (unpaired) electrons. The van der Waals surface area contributed by atoms with Gasteiger partial charge in [0.2, 0.25) is 0 Å². The van der Waals surface area contributed by atoms with E-state index in [-0.39, 0.29) is 6.61 Å². The molecule has 160 valence electrons. The average Bonchev–Trinajstić information content (AvgIpc) is 2.67. The summed E-state index contributed by atoms with van der Waals surface area (Å²) in [5, 5.41) is 12.0. The first-order valence-electron chi connectivity index (χ1n) is 9.39. The third kappa shape index (κ3) is 6.80. The van der Waals surface area contributed by atoms with Crippen molar-refractivity contribution in [1.29, 1.82) is 0 Å². The molecule has 0 aliphatic carbocycles. The molecule has 0 saturated heterocycles. The van der Waals surface area contributed by atoms with Crippen LogP contribution in [0.2, 0.25) is 0 Å². The van der Waals surface area contributed by atoms with Gasteiger partial charge in [0.25, 0.3) is 0 Å². The molecule has 0 aromatic heterocycles. The van der Waals surface area contributed by atoms with Crippen LogP contribution in [0.3, 0.4) is 0 Å². The highest BCUT2D eigenvalue weighted by Gasteiger charge is 2.28. The largest absolute Gasteiger partial charge is 0.480 e. The number of carboxylic acids is 1. The molecule has 8 nitrogen and oxygen atoms in total. The summed E-state index contributed by atoms with van der Waals surface area (Å²) in [7, 11) is 0. The van der Waals surface area contributed by atoms with Gasteiger partial charge in [-0.15, -0.1) is 0 Å². The van der Waals surface area contributed by atoms with Crippen molar-refractivity contribution < 1.29 is 29.0 Å². The minimum atomic E-state index is -1.18. The second-order valence-electron chi connectivity index (χ2n) is 7.60. The van der Waals surface area contributed by atoms with Crippen LogP contribution in [0, 0.1) is 0 Å². The number of benzene rings is 2. The van der Waals surface area contributed by atoms with Crippen LogP contribution in [0.15, 0.2) is 54.6 Å². The van der Waals surface area contributed by atoms with Gasteiger partial charge in [-0.3, -0.25) is 10.2 Å². The van der Waals surface area contributed by atoms with Crippen LogP contribution in [0.5, 0.6) is 0 Å². The molecular weight excluding hydrogens is 388 g/mol. The molecule has 2 N–H and O–H groups in total. The van der Waals surface area contributed by atoms with E-state index >= 15 is 0 Å². The lowest BCUT2D eigenvalue weighted by molar-refractivity contribution is -0.138. The highest BCUT2D eigenvalue weighted by atomic mass is 16.6. The molecular formula is C22H26N2O6. The standard InChI is InChI=1S/C22H26N2O6/c1-15(19(25)26)24(21(28)29-14-16-8-6-5-7-9-16)18-12-10-17(11-13-18)23-20(27)30-22(2,3)4/h5-13,15H,14H2,1-4H3,(H,23,27)(H,25,26)/t15-/m0/s1.